The molecular formula is C9H17NO. The first-order valence-corrected chi connectivity index (χ1v) is 4.62. The molecular weight excluding hydrogens is 138 g/mol. The molecule has 0 aromatic carbocycles. The third kappa shape index (κ3) is 0.926. The second kappa shape index (κ2) is 2.46. The maximum Gasteiger partial charge on any atom is 0.0589 e. The molecule has 0 bridgehead atoms. The molecule has 0 amide bonds. The van der Waals surface area contributed by atoms with Crippen molar-refractivity contribution in [2.45, 2.75) is 31.8 Å². The van der Waals surface area contributed by atoms with Crippen molar-refractivity contribution in [1.29, 1.82) is 0 Å². The van der Waals surface area contributed by atoms with E-state index in [9.17, 15) is 0 Å². The normalized spacial score (nSPS) is 49.4. The van der Waals surface area contributed by atoms with Crippen LogP contribution in [0, 0.1) is 11.8 Å². The molecule has 4 atom stereocenters. The molecule has 1 aliphatic carbocycles. The molecule has 2 heteroatoms. The monoisotopic (exact) mass is 155 g/mol. The number of hydrogen-bond donors (Lipinski definition) is 1. The van der Waals surface area contributed by atoms with Crippen LogP contribution in [0.2, 0.25) is 0 Å². The highest BCUT2D eigenvalue weighted by molar-refractivity contribution is 5.08. The van der Waals surface area contributed by atoms with Crippen LogP contribution in [0.25, 0.3) is 0 Å². The van der Waals surface area contributed by atoms with Gasteiger partial charge in [0, 0.05) is 12.1 Å². The van der Waals surface area contributed by atoms with Crippen LogP contribution in [-0.2, 0) is 0 Å². The minimum atomic E-state index is 0.355. The van der Waals surface area contributed by atoms with Crippen LogP contribution in [-0.4, -0.2) is 35.7 Å². The Kier molecular flexibility index (Phi) is 1.69. The van der Waals surface area contributed by atoms with Gasteiger partial charge < -0.3 is 5.11 Å². The summed E-state index contributed by atoms with van der Waals surface area (Å²) in [6, 6.07) is 1.24. The Balaban J connectivity index is 2.06. The van der Waals surface area contributed by atoms with Gasteiger partial charge in [0.2, 0.25) is 0 Å². The van der Waals surface area contributed by atoms with Crippen molar-refractivity contribution in [3.05, 3.63) is 0 Å². The molecule has 0 aromatic rings. The van der Waals surface area contributed by atoms with Crippen LogP contribution in [0.4, 0.5) is 0 Å². The predicted molar refractivity (Wildman–Crippen MR) is 44.3 cm³/mol. The fourth-order valence-electron chi connectivity index (χ4n) is 2.83. The van der Waals surface area contributed by atoms with E-state index in [4.69, 9.17) is 5.11 Å². The van der Waals surface area contributed by atoms with E-state index in [1.807, 2.05) is 0 Å². The van der Waals surface area contributed by atoms with E-state index in [1.165, 1.54) is 12.8 Å². The minimum absolute atomic E-state index is 0.355. The summed E-state index contributed by atoms with van der Waals surface area (Å²) in [5, 5.41) is 9.11. The maximum absolute atomic E-state index is 9.11. The van der Waals surface area contributed by atoms with Gasteiger partial charge in [0.25, 0.3) is 0 Å². The number of aliphatic hydroxyl groups is 1. The number of likely N-dealkylation sites (N-methyl/N-ethyl adjacent to an activating group) is 1. The lowest BCUT2D eigenvalue weighted by atomic mass is 10.1. The third-order valence-electron chi connectivity index (χ3n) is 3.53. The lowest BCUT2D eigenvalue weighted by Crippen LogP contribution is -2.38. The molecule has 0 aromatic heterocycles. The molecule has 2 rings (SSSR count). The molecule has 1 saturated carbocycles. The largest absolute Gasteiger partial charge is 0.395 e. The summed E-state index contributed by atoms with van der Waals surface area (Å²) in [6.45, 7) is 2.60. The highest BCUT2D eigenvalue weighted by Gasteiger charge is 2.55. The second-order valence-electron chi connectivity index (χ2n) is 3.95. The lowest BCUT2D eigenvalue weighted by molar-refractivity contribution is 0.127. The van der Waals surface area contributed by atoms with E-state index in [2.05, 4.69) is 18.9 Å². The molecule has 2 aliphatic rings. The second-order valence-corrected chi connectivity index (χ2v) is 3.95. The number of piperidine rings is 1. The van der Waals surface area contributed by atoms with Crippen molar-refractivity contribution in [2.24, 2.45) is 11.8 Å². The van der Waals surface area contributed by atoms with E-state index >= 15 is 0 Å². The van der Waals surface area contributed by atoms with Crippen LogP contribution >= 0.6 is 0 Å². The zero-order valence-corrected chi connectivity index (χ0v) is 7.33. The van der Waals surface area contributed by atoms with Gasteiger partial charge >= 0.3 is 0 Å². The quantitative estimate of drug-likeness (QED) is 0.634. The van der Waals surface area contributed by atoms with Crippen molar-refractivity contribution >= 4 is 0 Å². The summed E-state index contributed by atoms with van der Waals surface area (Å²) in [4.78, 5) is 2.37. The Bertz CT molecular complexity index is 144. The molecule has 1 aliphatic heterocycles. The molecule has 1 heterocycles. The zero-order chi connectivity index (χ0) is 8.01. The molecule has 11 heavy (non-hydrogen) atoms. The molecule has 0 spiro atoms. The maximum atomic E-state index is 9.11. The average Bonchev–Trinajstić information content (AvgIpc) is 2.68. The minimum Gasteiger partial charge on any atom is -0.395 e. The number of nitrogens with zero attached hydrogens (tertiary/aromatic N) is 1. The Labute approximate surface area is 68.2 Å². The molecule has 4 unspecified atom stereocenters. The van der Waals surface area contributed by atoms with Gasteiger partial charge in [-0.15, -0.1) is 0 Å². The first-order valence-electron chi connectivity index (χ1n) is 4.62. The van der Waals surface area contributed by atoms with E-state index in [0.717, 1.165) is 17.9 Å². The first kappa shape index (κ1) is 7.56. The van der Waals surface area contributed by atoms with Crippen molar-refractivity contribution in [3.63, 3.8) is 0 Å². The summed E-state index contributed by atoms with van der Waals surface area (Å²) in [5.41, 5.74) is 0. The summed E-state index contributed by atoms with van der Waals surface area (Å²) in [7, 11) is 2.15. The Morgan fingerprint density at radius 2 is 2.00 bits per heavy atom. The summed E-state index contributed by atoms with van der Waals surface area (Å²) in [6.07, 6.45) is 2.61. The Morgan fingerprint density at radius 3 is 2.36 bits per heavy atom. The van der Waals surface area contributed by atoms with Crippen molar-refractivity contribution in [3.8, 4) is 0 Å². The topological polar surface area (TPSA) is 23.5 Å². The smallest absolute Gasteiger partial charge is 0.0589 e. The van der Waals surface area contributed by atoms with Gasteiger partial charge in [-0.3, -0.25) is 4.90 Å². The van der Waals surface area contributed by atoms with Gasteiger partial charge in [-0.05, 0) is 31.7 Å². The lowest BCUT2D eigenvalue weighted by Gasteiger charge is -2.27. The summed E-state index contributed by atoms with van der Waals surface area (Å²) >= 11 is 0. The molecule has 2 nitrogen and oxygen atoms in total. The van der Waals surface area contributed by atoms with Gasteiger partial charge in [-0.25, -0.2) is 0 Å². The van der Waals surface area contributed by atoms with Crippen LogP contribution in [0.1, 0.15) is 19.8 Å². The molecule has 1 saturated heterocycles. The molecule has 0 radical (unpaired) electrons. The summed E-state index contributed by atoms with van der Waals surface area (Å²) < 4.78 is 0. The summed E-state index contributed by atoms with van der Waals surface area (Å²) in [5.74, 6) is 1.75. The standard InChI is InChI=1S/C9H17NO/c1-3-8-6-4-7(6)9(5-11)10(8)2/h6-9,11H,3-5H2,1-2H3. The van der Waals surface area contributed by atoms with Crippen LogP contribution in [0.15, 0.2) is 0 Å². The highest BCUT2D eigenvalue weighted by atomic mass is 16.3. The van der Waals surface area contributed by atoms with Crippen LogP contribution < -0.4 is 0 Å². The van der Waals surface area contributed by atoms with Gasteiger partial charge in [0.1, 0.15) is 0 Å². The van der Waals surface area contributed by atoms with E-state index in [1.54, 1.807) is 0 Å². The number of fused-ring (bicyclic) bond motifs is 1. The van der Waals surface area contributed by atoms with Gasteiger partial charge in [-0.1, -0.05) is 6.92 Å². The van der Waals surface area contributed by atoms with Crippen molar-refractivity contribution in [2.75, 3.05) is 13.7 Å². The Morgan fingerprint density at radius 1 is 1.36 bits per heavy atom. The third-order valence-corrected chi connectivity index (χ3v) is 3.53. The fraction of sp³-hybridized carbons (Fsp3) is 1.00. The average molecular weight is 155 g/mol. The van der Waals surface area contributed by atoms with Gasteiger partial charge in [0.05, 0.1) is 6.61 Å². The van der Waals surface area contributed by atoms with Gasteiger partial charge in [0.15, 0.2) is 0 Å². The SMILES string of the molecule is CCC1C2CC2C(CO)N1C. The number of rotatable bonds is 2. The van der Waals surface area contributed by atoms with Crippen LogP contribution in [0.3, 0.4) is 0 Å². The van der Waals surface area contributed by atoms with E-state index in [-0.39, 0.29) is 0 Å². The van der Waals surface area contributed by atoms with E-state index < -0.39 is 0 Å². The van der Waals surface area contributed by atoms with Crippen LogP contribution in [0.5, 0.6) is 0 Å². The number of likely N-dealkylation sites (tertiary alicyclic amines) is 1. The Hall–Kier alpha value is -0.0800. The van der Waals surface area contributed by atoms with Gasteiger partial charge in [-0.2, -0.15) is 0 Å². The molecule has 1 N–H and O–H groups in total. The fourth-order valence-corrected chi connectivity index (χ4v) is 2.83. The number of aliphatic hydroxyl groups excluding tert-OH is 1. The zero-order valence-electron chi connectivity index (χ0n) is 7.33. The van der Waals surface area contributed by atoms with E-state index in [0.29, 0.717) is 12.6 Å². The van der Waals surface area contributed by atoms with Crippen molar-refractivity contribution < 1.29 is 5.11 Å². The highest BCUT2D eigenvalue weighted by Crippen LogP contribution is 2.53. The number of hydrogen-bond acceptors (Lipinski definition) is 2. The molecule has 2 fully saturated rings. The van der Waals surface area contributed by atoms with Crippen molar-refractivity contribution in [1.82, 2.24) is 4.90 Å². The molecule has 64 valence electrons. The predicted octanol–water partition coefficient (Wildman–Crippen LogP) is 0.707. The first-order chi connectivity index (χ1) is 5.29.